The molecule has 2 heteroatoms. The normalized spacial score (nSPS) is 24.9. The molecule has 2 nitrogen and oxygen atoms in total. The Bertz CT molecular complexity index is 207. The Hall–Kier alpha value is -0.0800. The lowest BCUT2D eigenvalue weighted by Gasteiger charge is -2.37. The average Bonchev–Trinajstić information content (AvgIpc) is 2.32. The van der Waals surface area contributed by atoms with E-state index < -0.39 is 0 Å². The van der Waals surface area contributed by atoms with E-state index in [-0.39, 0.29) is 0 Å². The predicted molar refractivity (Wildman–Crippen MR) is 74.3 cm³/mol. The predicted octanol–water partition coefficient (Wildman–Crippen LogP) is 2.89. The quantitative estimate of drug-likeness (QED) is 0.765. The van der Waals surface area contributed by atoms with E-state index in [1.165, 1.54) is 64.7 Å². The molecule has 1 aliphatic heterocycles. The maximum atomic E-state index is 3.47. The molecule has 1 N–H and O–H groups in total. The van der Waals surface area contributed by atoms with Gasteiger partial charge in [0.1, 0.15) is 0 Å². The maximum Gasteiger partial charge on any atom is 0.00695 e. The second kappa shape index (κ2) is 6.75. The number of piperidine rings is 1. The van der Waals surface area contributed by atoms with Gasteiger partial charge < -0.3 is 10.2 Å². The number of hydrogen-bond acceptors (Lipinski definition) is 2. The molecule has 100 valence electrons. The van der Waals surface area contributed by atoms with Crippen molar-refractivity contribution in [1.82, 2.24) is 10.2 Å². The molecule has 2 aliphatic rings. The zero-order chi connectivity index (χ0) is 12.1. The van der Waals surface area contributed by atoms with E-state index in [1.54, 1.807) is 0 Å². The van der Waals surface area contributed by atoms with Gasteiger partial charge in [0.05, 0.1) is 0 Å². The summed E-state index contributed by atoms with van der Waals surface area (Å²) in [6.07, 6.45) is 8.68. The molecule has 1 heterocycles. The van der Waals surface area contributed by atoms with Crippen molar-refractivity contribution >= 4 is 0 Å². The fourth-order valence-corrected chi connectivity index (χ4v) is 3.38. The fourth-order valence-electron chi connectivity index (χ4n) is 3.38. The number of nitrogens with zero attached hydrogens (tertiary/aromatic N) is 1. The van der Waals surface area contributed by atoms with E-state index >= 15 is 0 Å². The maximum absolute atomic E-state index is 3.47. The summed E-state index contributed by atoms with van der Waals surface area (Å²) in [6, 6.07) is 0.806. The van der Waals surface area contributed by atoms with E-state index in [2.05, 4.69) is 24.1 Å². The van der Waals surface area contributed by atoms with Gasteiger partial charge in [0, 0.05) is 12.6 Å². The molecule has 2 rings (SSSR count). The minimum absolute atomic E-state index is 0.806. The standard InChI is InChI=1S/C15H30N2/c1-3-17(12-15-7-9-16-10-8-15)13(2)11-14-5-4-6-14/h13-16H,3-12H2,1-2H3. The van der Waals surface area contributed by atoms with Crippen LogP contribution in [0.15, 0.2) is 0 Å². The molecule has 0 aromatic heterocycles. The Kier molecular flexibility index (Phi) is 5.30. The highest BCUT2D eigenvalue weighted by Gasteiger charge is 2.24. The Morgan fingerprint density at radius 2 is 1.82 bits per heavy atom. The highest BCUT2D eigenvalue weighted by Crippen LogP contribution is 2.31. The Balaban J connectivity index is 1.73. The molecule has 0 spiro atoms. The molecule has 0 aromatic rings. The van der Waals surface area contributed by atoms with Gasteiger partial charge in [-0.1, -0.05) is 26.2 Å². The zero-order valence-corrected chi connectivity index (χ0v) is 11.8. The van der Waals surface area contributed by atoms with Crippen LogP contribution in [0.25, 0.3) is 0 Å². The van der Waals surface area contributed by atoms with Crippen LogP contribution >= 0.6 is 0 Å². The van der Waals surface area contributed by atoms with Gasteiger partial charge in [0.25, 0.3) is 0 Å². The van der Waals surface area contributed by atoms with Gasteiger partial charge in [-0.15, -0.1) is 0 Å². The van der Waals surface area contributed by atoms with Crippen molar-refractivity contribution in [3.63, 3.8) is 0 Å². The van der Waals surface area contributed by atoms with Crippen molar-refractivity contribution in [2.24, 2.45) is 11.8 Å². The molecule has 1 unspecified atom stereocenters. The Morgan fingerprint density at radius 3 is 2.35 bits per heavy atom. The van der Waals surface area contributed by atoms with Crippen LogP contribution in [0.1, 0.15) is 52.4 Å². The van der Waals surface area contributed by atoms with E-state index in [1.807, 2.05) is 0 Å². The molecule has 17 heavy (non-hydrogen) atoms. The van der Waals surface area contributed by atoms with Crippen LogP contribution < -0.4 is 5.32 Å². The lowest BCUT2D eigenvalue weighted by molar-refractivity contribution is 0.131. The van der Waals surface area contributed by atoms with E-state index in [4.69, 9.17) is 0 Å². The second-order valence-electron chi connectivity index (χ2n) is 6.16. The number of nitrogens with one attached hydrogen (secondary N) is 1. The summed E-state index contributed by atoms with van der Waals surface area (Å²) in [5.74, 6) is 1.99. The minimum atomic E-state index is 0.806. The molecule has 1 atom stereocenters. The summed E-state index contributed by atoms with van der Waals surface area (Å²) in [7, 11) is 0. The third-order valence-electron chi connectivity index (χ3n) is 4.88. The van der Waals surface area contributed by atoms with Gasteiger partial charge in [-0.05, 0) is 57.7 Å². The molecule has 0 aromatic carbocycles. The van der Waals surface area contributed by atoms with Gasteiger partial charge in [-0.25, -0.2) is 0 Å². The first-order valence-corrected chi connectivity index (χ1v) is 7.74. The topological polar surface area (TPSA) is 15.3 Å². The van der Waals surface area contributed by atoms with Crippen molar-refractivity contribution in [3.05, 3.63) is 0 Å². The van der Waals surface area contributed by atoms with Crippen LogP contribution in [0.5, 0.6) is 0 Å². The average molecular weight is 238 g/mol. The largest absolute Gasteiger partial charge is 0.317 e. The minimum Gasteiger partial charge on any atom is -0.317 e. The van der Waals surface area contributed by atoms with Gasteiger partial charge >= 0.3 is 0 Å². The molecular weight excluding hydrogens is 208 g/mol. The van der Waals surface area contributed by atoms with Crippen LogP contribution in [-0.2, 0) is 0 Å². The first kappa shape index (κ1) is 13.4. The number of rotatable bonds is 6. The third kappa shape index (κ3) is 3.96. The van der Waals surface area contributed by atoms with Crippen LogP contribution in [-0.4, -0.2) is 37.1 Å². The van der Waals surface area contributed by atoms with Crippen LogP contribution in [0.2, 0.25) is 0 Å². The molecular formula is C15H30N2. The zero-order valence-electron chi connectivity index (χ0n) is 11.8. The first-order chi connectivity index (χ1) is 8.29. The Morgan fingerprint density at radius 1 is 1.12 bits per heavy atom. The monoisotopic (exact) mass is 238 g/mol. The van der Waals surface area contributed by atoms with Gasteiger partial charge in [-0.3, -0.25) is 0 Å². The van der Waals surface area contributed by atoms with Crippen molar-refractivity contribution in [1.29, 1.82) is 0 Å². The Labute approximate surface area is 107 Å². The number of hydrogen-bond donors (Lipinski definition) is 1. The van der Waals surface area contributed by atoms with Crippen molar-refractivity contribution < 1.29 is 0 Å². The fraction of sp³-hybridized carbons (Fsp3) is 1.00. The molecule has 0 bridgehead atoms. The first-order valence-electron chi connectivity index (χ1n) is 7.74. The SMILES string of the molecule is CCN(CC1CCNCC1)C(C)CC1CCC1. The highest BCUT2D eigenvalue weighted by atomic mass is 15.1. The van der Waals surface area contributed by atoms with E-state index in [9.17, 15) is 0 Å². The molecule has 1 saturated carbocycles. The van der Waals surface area contributed by atoms with Crippen molar-refractivity contribution in [2.45, 2.75) is 58.4 Å². The molecule has 2 fully saturated rings. The van der Waals surface area contributed by atoms with Crippen molar-refractivity contribution in [3.8, 4) is 0 Å². The van der Waals surface area contributed by atoms with Crippen molar-refractivity contribution in [2.75, 3.05) is 26.2 Å². The lowest BCUT2D eigenvalue weighted by atomic mass is 9.80. The molecule has 0 amide bonds. The summed E-state index contributed by atoms with van der Waals surface area (Å²) < 4.78 is 0. The van der Waals surface area contributed by atoms with Crippen LogP contribution in [0, 0.1) is 11.8 Å². The highest BCUT2D eigenvalue weighted by molar-refractivity contribution is 4.79. The second-order valence-corrected chi connectivity index (χ2v) is 6.16. The van der Waals surface area contributed by atoms with Crippen LogP contribution in [0.4, 0.5) is 0 Å². The van der Waals surface area contributed by atoms with E-state index in [0.29, 0.717) is 0 Å². The summed E-state index contributed by atoms with van der Waals surface area (Å²) >= 11 is 0. The summed E-state index contributed by atoms with van der Waals surface area (Å²) in [6.45, 7) is 9.82. The smallest absolute Gasteiger partial charge is 0.00695 e. The van der Waals surface area contributed by atoms with Gasteiger partial charge in [0.15, 0.2) is 0 Å². The third-order valence-corrected chi connectivity index (χ3v) is 4.88. The summed E-state index contributed by atoms with van der Waals surface area (Å²) in [5.41, 5.74) is 0. The van der Waals surface area contributed by atoms with Gasteiger partial charge in [-0.2, -0.15) is 0 Å². The lowest BCUT2D eigenvalue weighted by Crippen LogP contribution is -2.41. The van der Waals surface area contributed by atoms with Gasteiger partial charge in [0.2, 0.25) is 0 Å². The summed E-state index contributed by atoms with van der Waals surface area (Å²) in [5, 5.41) is 3.47. The summed E-state index contributed by atoms with van der Waals surface area (Å²) in [4.78, 5) is 2.73. The van der Waals surface area contributed by atoms with Crippen LogP contribution in [0.3, 0.4) is 0 Å². The molecule has 0 radical (unpaired) electrons. The molecule has 1 saturated heterocycles. The van der Waals surface area contributed by atoms with E-state index in [0.717, 1.165) is 17.9 Å². The molecule has 1 aliphatic carbocycles.